The molecular formula is C20H18F3N5O2S. The molecule has 1 aromatic carbocycles. The third-order valence-corrected chi connectivity index (χ3v) is 5.43. The maximum absolute atomic E-state index is 13.5. The number of carbonyl (C=O) groups excluding carboxylic acids is 1. The van der Waals surface area contributed by atoms with Crippen molar-refractivity contribution in [3.63, 3.8) is 0 Å². The molecule has 31 heavy (non-hydrogen) atoms. The maximum atomic E-state index is 13.5. The Balaban J connectivity index is 1.59. The highest BCUT2D eigenvalue weighted by Gasteiger charge is 2.38. The molecule has 3 aromatic heterocycles. The van der Waals surface area contributed by atoms with Crippen LogP contribution in [0.2, 0.25) is 0 Å². The van der Waals surface area contributed by atoms with Gasteiger partial charge in [-0.1, -0.05) is 25.1 Å². The van der Waals surface area contributed by atoms with Crippen LogP contribution in [-0.2, 0) is 24.1 Å². The molecule has 0 aliphatic rings. The Kier molecular flexibility index (Phi) is 5.77. The first-order valence-electron chi connectivity index (χ1n) is 9.53. The van der Waals surface area contributed by atoms with E-state index in [2.05, 4.69) is 15.2 Å². The van der Waals surface area contributed by atoms with Crippen molar-refractivity contribution in [2.45, 2.75) is 32.6 Å². The normalized spacial score (nSPS) is 11.9. The van der Waals surface area contributed by atoms with Crippen molar-refractivity contribution in [3.8, 4) is 10.8 Å². The lowest BCUT2D eigenvalue weighted by Gasteiger charge is -2.21. The van der Waals surface area contributed by atoms with E-state index in [1.54, 1.807) is 12.1 Å². The number of benzene rings is 1. The molecule has 0 bridgehead atoms. The lowest BCUT2D eigenvalue weighted by molar-refractivity contribution is -0.148. The number of para-hydroxylation sites is 2. The van der Waals surface area contributed by atoms with E-state index in [9.17, 15) is 18.0 Å². The van der Waals surface area contributed by atoms with Crippen molar-refractivity contribution in [2.75, 3.05) is 6.54 Å². The molecule has 0 saturated carbocycles. The molecule has 1 amide bonds. The number of alkyl halides is 3. The van der Waals surface area contributed by atoms with Gasteiger partial charge in [-0.2, -0.15) is 13.2 Å². The first kappa shape index (κ1) is 21.0. The van der Waals surface area contributed by atoms with E-state index in [1.165, 1.54) is 28.4 Å². The lowest BCUT2D eigenvalue weighted by atomic mass is 10.3. The quantitative estimate of drug-likeness (QED) is 0.412. The third kappa shape index (κ3) is 4.46. The minimum atomic E-state index is -4.68. The summed E-state index contributed by atoms with van der Waals surface area (Å²) >= 11 is 1.44. The van der Waals surface area contributed by atoms with Gasteiger partial charge in [0.25, 0.3) is 5.89 Å². The molecule has 3 heterocycles. The summed E-state index contributed by atoms with van der Waals surface area (Å²) in [5.41, 5.74) is 0.430. The fourth-order valence-electron chi connectivity index (χ4n) is 3.23. The predicted molar refractivity (Wildman–Crippen MR) is 108 cm³/mol. The molecule has 4 aromatic rings. The first-order valence-corrected chi connectivity index (χ1v) is 10.4. The van der Waals surface area contributed by atoms with Crippen molar-refractivity contribution in [3.05, 3.63) is 53.5 Å². The van der Waals surface area contributed by atoms with Gasteiger partial charge in [-0.05, 0) is 30.0 Å². The highest BCUT2D eigenvalue weighted by Crippen LogP contribution is 2.31. The summed E-state index contributed by atoms with van der Waals surface area (Å²) in [6, 6.07) is 9.90. The Morgan fingerprint density at radius 2 is 2.00 bits per heavy atom. The largest absolute Gasteiger partial charge is 0.449 e. The zero-order chi connectivity index (χ0) is 22.0. The number of halogens is 3. The fraction of sp³-hybridized carbons (Fsp3) is 0.300. The zero-order valence-electron chi connectivity index (χ0n) is 16.5. The topological polar surface area (TPSA) is 77.0 Å². The van der Waals surface area contributed by atoms with E-state index in [0.29, 0.717) is 18.9 Å². The summed E-state index contributed by atoms with van der Waals surface area (Å²) in [5.74, 6) is -1.03. The van der Waals surface area contributed by atoms with E-state index < -0.39 is 24.5 Å². The minimum Gasteiger partial charge on any atom is -0.418 e. The van der Waals surface area contributed by atoms with Gasteiger partial charge in [0.2, 0.25) is 17.6 Å². The van der Waals surface area contributed by atoms with Crippen LogP contribution >= 0.6 is 11.3 Å². The average molecular weight is 449 g/mol. The number of hydrogen-bond donors (Lipinski definition) is 0. The van der Waals surface area contributed by atoms with E-state index >= 15 is 0 Å². The second kappa shape index (κ2) is 8.50. The monoisotopic (exact) mass is 449 g/mol. The second-order valence-electron chi connectivity index (χ2n) is 6.80. The highest BCUT2D eigenvalue weighted by molar-refractivity contribution is 7.13. The number of aromatic nitrogens is 4. The predicted octanol–water partition coefficient (Wildman–Crippen LogP) is 4.61. The maximum Gasteiger partial charge on any atom is 0.449 e. The minimum absolute atomic E-state index is 0.0129. The van der Waals surface area contributed by atoms with Crippen LogP contribution < -0.4 is 0 Å². The number of imidazole rings is 1. The summed E-state index contributed by atoms with van der Waals surface area (Å²) < 4.78 is 47.1. The van der Waals surface area contributed by atoms with E-state index in [1.807, 2.05) is 24.4 Å². The van der Waals surface area contributed by atoms with Crippen molar-refractivity contribution in [2.24, 2.45) is 0 Å². The lowest BCUT2D eigenvalue weighted by Crippen LogP contribution is -2.35. The van der Waals surface area contributed by atoms with Crippen LogP contribution in [0.3, 0.4) is 0 Å². The number of nitrogens with zero attached hydrogens (tertiary/aromatic N) is 5. The van der Waals surface area contributed by atoms with Crippen molar-refractivity contribution < 1.29 is 22.4 Å². The molecule has 4 rings (SSSR count). The third-order valence-electron chi connectivity index (χ3n) is 4.57. The Hall–Kier alpha value is -3.21. The molecule has 0 fully saturated rings. The summed E-state index contributed by atoms with van der Waals surface area (Å²) in [7, 11) is 0. The van der Waals surface area contributed by atoms with Gasteiger partial charge in [0, 0.05) is 6.54 Å². The highest BCUT2D eigenvalue weighted by atomic mass is 32.1. The fourth-order valence-corrected chi connectivity index (χ4v) is 3.87. The van der Waals surface area contributed by atoms with Gasteiger partial charge < -0.3 is 13.9 Å². The van der Waals surface area contributed by atoms with Gasteiger partial charge in [-0.25, -0.2) is 4.98 Å². The smallest absolute Gasteiger partial charge is 0.418 e. The molecule has 0 radical (unpaired) electrons. The van der Waals surface area contributed by atoms with Crippen LogP contribution in [0.5, 0.6) is 0 Å². The Bertz CT molecular complexity index is 1180. The summed E-state index contributed by atoms with van der Waals surface area (Å²) in [5, 5.41) is 9.84. The Morgan fingerprint density at radius 1 is 1.19 bits per heavy atom. The van der Waals surface area contributed by atoms with Gasteiger partial charge >= 0.3 is 6.18 Å². The molecule has 0 aliphatic heterocycles. The van der Waals surface area contributed by atoms with Crippen LogP contribution in [0.4, 0.5) is 13.2 Å². The van der Waals surface area contributed by atoms with Crippen LogP contribution in [-0.4, -0.2) is 37.1 Å². The number of amides is 1. The molecule has 11 heteroatoms. The van der Waals surface area contributed by atoms with Crippen molar-refractivity contribution in [1.29, 1.82) is 0 Å². The Morgan fingerprint density at radius 3 is 2.71 bits per heavy atom. The average Bonchev–Trinajstić information content (AvgIpc) is 3.47. The number of hydrogen-bond acceptors (Lipinski definition) is 6. The van der Waals surface area contributed by atoms with Crippen LogP contribution in [0.25, 0.3) is 21.8 Å². The molecule has 7 nitrogen and oxygen atoms in total. The Labute approximate surface area is 179 Å². The standard InChI is InChI=1S/C20H18F3N5O2S/c1-2-9-27(11-16-25-26-18(30-16)15-8-5-10-31-15)17(29)12-28-14-7-4-3-6-13(14)24-19(28)20(21,22)23/h3-8,10H,2,9,11-12H2,1H3. The van der Waals surface area contributed by atoms with Gasteiger partial charge in [0.15, 0.2) is 0 Å². The molecule has 0 atom stereocenters. The molecule has 0 spiro atoms. The number of fused-ring (bicyclic) bond motifs is 1. The van der Waals surface area contributed by atoms with E-state index in [4.69, 9.17) is 4.42 Å². The number of carbonyl (C=O) groups is 1. The second-order valence-corrected chi connectivity index (χ2v) is 7.75. The molecular weight excluding hydrogens is 431 g/mol. The van der Waals surface area contributed by atoms with Gasteiger partial charge in [-0.15, -0.1) is 21.5 Å². The summed E-state index contributed by atoms with van der Waals surface area (Å²) in [6.07, 6.45) is -4.06. The molecule has 0 aliphatic carbocycles. The van der Waals surface area contributed by atoms with Crippen molar-refractivity contribution in [1.82, 2.24) is 24.6 Å². The summed E-state index contributed by atoms with van der Waals surface area (Å²) in [6.45, 7) is 1.72. The number of thiophene rings is 1. The number of rotatable bonds is 7. The van der Waals surface area contributed by atoms with Gasteiger partial charge in [0.1, 0.15) is 6.54 Å². The van der Waals surface area contributed by atoms with Crippen LogP contribution in [0.1, 0.15) is 25.1 Å². The zero-order valence-corrected chi connectivity index (χ0v) is 17.3. The van der Waals surface area contributed by atoms with E-state index in [0.717, 1.165) is 9.44 Å². The molecule has 162 valence electrons. The van der Waals surface area contributed by atoms with E-state index in [-0.39, 0.29) is 23.5 Å². The summed E-state index contributed by atoms with van der Waals surface area (Å²) in [4.78, 5) is 18.9. The first-order chi connectivity index (χ1) is 14.9. The van der Waals surface area contributed by atoms with Crippen molar-refractivity contribution >= 4 is 28.3 Å². The van der Waals surface area contributed by atoms with Crippen LogP contribution in [0, 0.1) is 0 Å². The van der Waals surface area contributed by atoms with Gasteiger partial charge in [-0.3, -0.25) is 4.79 Å². The molecule has 0 unspecified atom stereocenters. The SMILES string of the molecule is CCCN(Cc1nnc(-c2cccs2)o1)C(=O)Cn1c(C(F)(F)F)nc2ccccc21. The molecule has 0 N–H and O–H groups in total. The van der Waals surface area contributed by atoms with Crippen LogP contribution in [0.15, 0.2) is 46.2 Å². The molecule has 0 saturated heterocycles. The van der Waals surface area contributed by atoms with Gasteiger partial charge in [0.05, 0.1) is 22.5 Å².